The molecule has 2 aliphatic carbocycles. The maximum absolute atomic E-state index is 13.4. The van der Waals surface area contributed by atoms with Gasteiger partial charge in [0.1, 0.15) is 0 Å². The lowest BCUT2D eigenvalue weighted by molar-refractivity contribution is -0.117. The Hall–Kier alpha value is -2.82. The summed E-state index contributed by atoms with van der Waals surface area (Å²) in [6.07, 6.45) is 8.91. The van der Waals surface area contributed by atoms with Crippen LogP contribution in [0.1, 0.15) is 80.1 Å². The molecule has 0 spiro atoms. The first kappa shape index (κ1) is 22.9. The molecule has 2 N–H and O–H groups in total. The molecule has 3 aliphatic rings. The van der Waals surface area contributed by atoms with Crippen molar-refractivity contribution in [2.75, 3.05) is 23.3 Å². The molecule has 0 bridgehead atoms. The summed E-state index contributed by atoms with van der Waals surface area (Å²) in [7, 11) is 0. The van der Waals surface area contributed by atoms with Crippen molar-refractivity contribution in [2.24, 2.45) is 11.8 Å². The highest BCUT2D eigenvalue weighted by atomic mass is 16.2. The first-order valence-corrected chi connectivity index (χ1v) is 13.1. The van der Waals surface area contributed by atoms with Crippen LogP contribution in [-0.4, -0.2) is 30.9 Å². The molecule has 2 atom stereocenters. The Morgan fingerprint density at radius 1 is 0.912 bits per heavy atom. The summed E-state index contributed by atoms with van der Waals surface area (Å²) in [4.78, 5) is 28.7. The fourth-order valence-corrected chi connectivity index (χ4v) is 5.62. The van der Waals surface area contributed by atoms with Gasteiger partial charge in [-0.15, -0.1) is 0 Å². The van der Waals surface area contributed by atoms with Crippen molar-refractivity contribution in [2.45, 2.75) is 70.3 Å². The minimum Gasteiger partial charge on any atom is -0.371 e. The average molecular weight is 460 g/mol. The molecule has 0 aromatic heterocycles. The van der Waals surface area contributed by atoms with Crippen LogP contribution in [0.5, 0.6) is 0 Å². The Morgan fingerprint density at radius 3 is 2.38 bits per heavy atom. The third-order valence-electron chi connectivity index (χ3n) is 7.93. The number of piperidine rings is 1. The molecule has 1 saturated heterocycles. The molecule has 5 rings (SSSR count). The topological polar surface area (TPSA) is 61.4 Å². The van der Waals surface area contributed by atoms with Crippen molar-refractivity contribution in [3.63, 3.8) is 0 Å². The van der Waals surface area contributed by atoms with Crippen molar-refractivity contribution in [3.05, 3.63) is 59.7 Å². The molecule has 5 nitrogen and oxygen atoms in total. The molecule has 3 fully saturated rings. The van der Waals surface area contributed by atoms with E-state index in [4.69, 9.17) is 0 Å². The van der Waals surface area contributed by atoms with Gasteiger partial charge in [0.25, 0.3) is 5.91 Å². The van der Waals surface area contributed by atoms with Gasteiger partial charge in [0.05, 0.1) is 5.56 Å². The maximum atomic E-state index is 13.4. The summed E-state index contributed by atoms with van der Waals surface area (Å²) in [6.45, 7) is 4.24. The number of carbonyl (C=O) groups excluding carboxylic acids is 2. The average Bonchev–Trinajstić information content (AvgIpc) is 3.67. The maximum Gasteiger partial charge on any atom is 0.253 e. The van der Waals surface area contributed by atoms with Crippen LogP contribution in [0, 0.1) is 11.8 Å². The van der Waals surface area contributed by atoms with Crippen LogP contribution < -0.4 is 15.5 Å². The molecule has 34 heavy (non-hydrogen) atoms. The first-order chi connectivity index (χ1) is 16.6. The number of anilines is 2. The van der Waals surface area contributed by atoms with Crippen LogP contribution in [0.2, 0.25) is 0 Å². The van der Waals surface area contributed by atoms with Gasteiger partial charge in [-0.25, -0.2) is 0 Å². The molecule has 2 saturated carbocycles. The van der Waals surface area contributed by atoms with Crippen LogP contribution in [0.25, 0.3) is 0 Å². The molecule has 2 amide bonds. The van der Waals surface area contributed by atoms with Gasteiger partial charge < -0.3 is 15.5 Å². The van der Waals surface area contributed by atoms with Gasteiger partial charge in [-0.05, 0) is 67.7 Å². The van der Waals surface area contributed by atoms with Gasteiger partial charge in [0.2, 0.25) is 5.91 Å². The smallest absolute Gasteiger partial charge is 0.253 e. The SMILES string of the molecule is CC1CCN(c2ccc(NC(=O)[C@@H]3C[C@H]3c3ccccc3)cc2C(=O)NC2CCCCC2)CC1. The van der Waals surface area contributed by atoms with Crippen molar-refractivity contribution in [3.8, 4) is 0 Å². The third-order valence-corrected chi connectivity index (χ3v) is 7.93. The molecular formula is C29H37N3O2. The lowest BCUT2D eigenvalue weighted by Crippen LogP contribution is -2.38. The van der Waals surface area contributed by atoms with Crippen LogP contribution in [0.4, 0.5) is 11.4 Å². The molecule has 5 heteroatoms. The van der Waals surface area contributed by atoms with E-state index in [9.17, 15) is 9.59 Å². The molecule has 0 unspecified atom stereocenters. The van der Waals surface area contributed by atoms with Crippen molar-refractivity contribution in [1.82, 2.24) is 5.32 Å². The number of hydrogen-bond donors (Lipinski definition) is 2. The van der Waals surface area contributed by atoms with Crippen LogP contribution in [0.3, 0.4) is 0 Å². The highest BCUT2D eigenvalue weighted by molar-refractivity contribution is 6.03. The summed E-state index contributed by atoms with van der Waals surface area (Å²) in [6, 6.07) is 16.4. The third kappa shape index (κ3) is 5.29. The van der Waals surface area contributed by atoms with Gasteiger partial charge in [0, 0.05) is 36.4 Å². The first-order valence-electron chi connectivity index (χ1n) is 13.1. The fraction of sp³-hybridized carbons (Fsp3) is 0.517. The van der Waals surface area contributed by atoms with Gasteiger partial charge in [0.15, 0.2) is 0 Å². The normalized spacial score (nSPS) is 23.4. The number of nitrogens with one attached hydrogen (secondary N) is 2. The highest BCUT2D eigenvalue weighted by Crippen LogP contribution is 2.48. The zero-order valence-electron chi connectivity index (χ0n) is 20.3. The summed E-state index contributed by atoms with van der Waals surface area (Å²) in [5.41, 5.74) is 3.62. The predicted octanol–water partition coefficient (Wildman–Crippen LogP) is 5.73. The van der Waals surface area contributed by atoms with E-state index in [0.717, 1.165) is 56.8 Å². The summed E-state index contributed by atoms with van der Waals surface area (Å²) in [5, 5.41) is 6.39. The second-order valence-corrected chi connectivity index (χ2v) is 10.6. The van der Waals surface area contributed by atoms with Gasteiger partial charge >= 0.3 is 0 Å². The van der Waals surface area contributed by atoms with Gasteiger partial charge in [-0.3, -0.25) is 9.59 Å². The van der Waals surface area contributed by atoms with E-state index in [1.54, 1.807) is 0 Å². The van der Waals surface area contributed by atoms with Crippen molar-refractivity contribution < 1.29 is 9.59 Å². The van der Waals surface area contributed by atoms with Crippen LogP contribution >= 0.6 is 0 Å². The molecule has 1 aliphatic heterocycles. The molecule has 2 aromatic carbocycles. The number of carbonyl (C=O) groups is 2. The van der Waals surface area contributed by atoms with E-state index in [1.165, 1.54) is 24.8 Å². The summed E-state index contributed by atoms with van der Waals surface area (Å²) in [5.74, 6) is 1.07. The number of hydrogen-bond acceptors (Lipinski definition) is 3. The summed E-state index contributed by atoms with van der Waals surface area (Å²) >= 11 is 0. The lowest BCUT2D eigenvalue weighted by atomic mass is 9.95. The quantitative estimate of drug-likeness (QED) is 0.580. The van der Waals surface area contributed by atoms with E-state index in [1.807, 2.05) is 36.4 Å². The Labute approximate surface area is 203 Å². The van der Waals surface area contributed by atoms with Crippen LogP contribution in [-0.2, 0) is 4.79 Å². The Morgan fingerprint density at radius 2 is 1.65 bits per heavy atom. The minimum atomic E-state index is -0.00907. The summed E-state index contributed by atoms with van der Waals surface area (Å²) < 4.78 is 0. The van der Waals surface area contributed by atoms with Gasteiger partial charge in [-0.1, -0.05) is 56.5 Å². The Kier molecular flexibility index (Phi) is 6.89. The minimum absolute atomic E-state index is 0.00479. The molecule has 0 radical (unpaired) electrons. The molecule has 2 aromatic rings. The number of rotatable bonds is 6. The molecular weight excluding hydrogens is 422 g/mol. The van der Waals surface area contributed by atoms with E-state index < -0.39 is 0 Å². The molecule has 180 valence electrons. The zero-order valence-corrected chi connectivity index (χ0v) is 20.3. The second-order valence-electron chi connectivity index (χ2n) is 10.6. The van der Waals surface area contributed by atoms with Crippen LogP contribution in [0.15, 0.2) is 48.5 Å². The number of nitrogens with zero attached hydrogens (tertiary/aromatic N) is 1. The van der Waals surface area contributed by atoms with Crippen molar-refractivity contribution in [1.29, 1.82) is 0 Å². The standard InChI is InChI=1S/C29H37N3O2/c1-20-14-16-32(17-15-20)27-13-12-23(18-26(27)29(34)30-22-10-6-3-7-11-22)31-28(33)25-19-24(25)21-8-4-2-5-9-21/h2,4-5,8-9,12-13,18,20,22,24-25H,3,6-7,10-11,14-17,19H2,1H3,(H,30,34)(H,31,33)/t24-,25+/m0/s1. The van der Waals surface area contributed by atoms with Crippen molar-refractivity contribution >= 4 is 23.2 Å². The zero-order chi connectivity index (χ0) is 23.5. The van der Waals surface area contributed by atoms with E-state index >= 15 is 0 Å². The lowest BCUT2D eigenvalue weighted by Gasteiger charge is -2.34. The highest BCUT2D eigenvalue weighted by Gasteiger charge is 2.43. The number of amides is 2. The fourth-order valence-electron chi connectivity index (χ4n) is 5.62. The molecule has 1 heterocycles. The largest absolute Gasteiger partial charge is 0.371 e. The van der Waals surface area contributed by atoms with E-state index in [2.05, 4.69) is 34.6 Å². The van der Waals surface area contributed by atoms with E-state index in [0.29, 0.717) is 17.2 Å². The predicted molar refractivity (Wildman–Crippen MR) is 137 cm³/mol. The number of benzene rings is 2. The monoisotopic (exact) mass is 459 g/mol. The Bertz CT molecular complexity index is 1010. The Balaban J connectivity index is 1.32. The van der Waals surface area contributed by atoms with E-state index in [-0.39, 0.29) is 23.8 Å². The van der Waals surface area contributed by atoms with Gasteiger partial charge in [-0.2, -0.15) is 0 Å². The second kappa shape index (κ2) is 10.2.